The van der Waals surface area contributed by atoms with Gasteiger partial charge in [-0.25, -0.2) is 8.78 Å². The number of methoxy groups -OCH3 is 1. The molecule has 1 aromatic carbocycles. The van der Waals surface area contributed by atoms with E-state index >= 15 is 0 Å². The molecule has 0 aromatic heterocycles. The topological polar surface area (TPSA) is 58.6 Å². The van der Waals surface area contributed by atoms with Crippen LogP contribution in [0.4, 0.5) is 8.78 Å². The number of aryl methyl sites for hydroxylation is 1. The molecule has 106 valence electrons. The highest BCUT2D eigenvalue weighted by molar-refractivity contribution is 5.76. The molecular formula is C13H17F2NO3. The number of ether oxygens (including phenoxy) is 1. The molecule has 2 N–H and O–H groups in total. The fourth-order valence-corrected chi connectivity index (χ4v) is 1.52. The summed E-state index contributed by atoms with van der Waals surface area (Å²) >= 11 is 0. The second kappa shape index (κ2) is 7.81. The molecule has 0 bridgehead atoms. The van der Waals surface area contributed by atoms with Crippen molar-refractivity contribution in [3.63, 3.8) is 0 Å². The van der Waals surface area contributed by atoms with Gasteiger partial charge in [0.2, 0.25) is 5.91 Å². The average Bonchev–Trinajstić information content (AvgIpc) is 2.38. The van der Waals surface area contributed by atoms with Gasteiger partial charge in [0.05, 0.1) is 12.7 Å². The quantitative estimate of drug-likeness (QED) is 0.780. The highest BCUT2D eigenvalue weighted by atomic mass is 19.2. The third-order valence-electron chi connectivity index (χ3n) is 2.52. The first-order valence-electron chi connectivity index (χ1n) is 5.90. The first-order valence-corrected chi connectivity index (χ1v) is 5.90. The lowest BCUT2D eigenvalue weighted by atomic mass is 10.1. The molecule has 1 amide bonds. The number of halogens is 2. The lowest BCUT2D eigenvalue weighted by Crippen LogP contribution is -2.34. The van der Waals surface area contributed by atoms with Crippen molar-refractivity contribution >= 4 is 5.91 Å². The largest absolute Gasteiger partial charge is 0.389 e. The van der Waals surface area contributed by atoms with Crippen LogP contribution in [0.15, 0.2) is 18.2 Å². The van der Waals surface area contributed by atoms with Gasteiger partial charge in [0.15, 0.2) is 11.6 Å². The van der Waals surface area contributed by atoms with Crippen LogP contribution in [0.5, 0.6) is 0 Å². The fourth-order valence-electron chi connectivity index (χ4n) is 1.52. The number of hydrogen-bond acceptors (Lipinski definition) is 3. The zero-order valence-electron chi connectivity index (χ0n) is 10.7. The molecule has 4 nitrogen and oxygen atoms in total. The van der Waals surface area contributed by atoms with Crippen LogP contribution in [0.1, 0.15) is 12.0 Å². The van der Waals surface area contributed by atoms with E-state index in [1.807, 2.05) is 0 Å². The molecular weight excluding hydrogens is 256 g/mol. The summed E-state index contributed by atoms with van der Waals surface area (Å²) in [5.74, 6) is -2.09. The van der Waals surface area contributed by atoms with Crippen molar-refractivity contribution in [2.75, 3.05) is 20.3 Å². The van der Waals surface area contributed by atoms with E-state index in [0.29, 0.717) is 12.0 Å². The maximum atomic E-state index is 12.9. The second-order valence-corrected chi connectivity index (χ2v) is 4.16. The predicted octanol–water partition coefficient (Wildman–Crippen LogP) is 1.02. The number of aliphatic hydroxyl groups excluding tert-OH is 1. The molecule has 1 aromatic rings. The lowest BCUT2D eigenvalue weighted by molar-refractivity contribution is -0.121. The average molecular weight is 273 g/mol. The van der Waals surface area contributed by atoms with Crippen molar-refractivity contribution in [1.82, 2.24) is 5.32 Å². The van der Waals surface area contributed by atoms with Gasteiger partial charge < -0.3 is 15.2 Å². The summed E-state index contributed by atoms with van der Waals surface area (Å²) in [5, 5.41) is 11.8. The normalized spacial score (nSPS) is 12.2. The molecule has 0 aliphatic heterocycles. The van der Waals surface area contributed by atoms with E-state index in [2.05, 4.69) is 5.32 Å². The Kier molecular flexibility index (Phi) is 6.38. The van der Waals surface area contributed by atoms with Gasteiger partial charge in [-0.3, -0.25) is 4.79 Å². The number of aliphatic hydroxyl groups is 1. The predicted molar refractivity (Wildman–Crippen MR) is 65.6 cm³/mol. The van der Waals surface area contributed by atoms with E-state index < -0.39 is 17.7 Å². The van der Waals surface area contributed by atoms with E-state index in [4.69, 9.17) is 4.74 Å². The van der Waals surface area contributed by atoms with Crippen LogP contribution in [0.3, 0.4) is 0 Å². The number of carbonyl (C=O) groups is 1. The van der Waals surface area contributed by atoms with Crippen molar-refractivity contribution in [2.24, 2.45) is 0 Å². The molecule has 0 spiro atoms. The summed E-state index contributed by atoms with van der Waals surface area (Å²) in [5.41, 5.74) is 0.548. The summed E-state index contributed by atoms with van der Waals surface area (Å²) in [4.78, 5) is 11.4. The van der Waals surface area contributed by atoms with Crippen molar-refractivity contribution < 1.29 is 23.4 Å². The number of carbonyl (C=O) groups excluding carboxylic acids is 1. The van der Waals surface area contributed by atoms with E-state index in [9.17, 15) is 18.7 Å². The van der Waals surface area contributed by atoms with Crippen LogP contribution in [-0.4, -0.2) is 37.4 Å². The third kappa shape index (κ3) is 5.76. The maximum absolute atomic E-state index is 12.9. The second-order valence-electron chi connectivity index (χ2n) is 4.16. The number of hydrogen-bond donors (Lipinski definition) is 2. The molecule has 0 heterocycles. The van der Waals surface area contributed by atoms with Crippen LogP contribution in [0.25, 0.3) is 0 Å². The van der Waals surface area contributed by atoms with E-state index in [1.54, 1.807) is 0 Å². The lowest BCUT2D eigenvalue weighted by Gasteiger charge is -2.10. The summed E-state index contributed by atoms with van der Waals surface area (Å²) in [6.45, 7) is 0.244. The highest BCUT2D eigenvalue weighted by Gasteiger charge is 2.08. The Hall–Kier alpha value is -1.53. The number of benzene rings is 1. The van der Waals surface area contributed by atoms with Crippen molar-refractivity contribution in [2.45, 2.75) is 18.9 Å². The maximum Gasteiger partial charge on any atom is 0.220 e. The van der Waals surface area contributed by atoms with E-state index in [0.717, 1.165) is 12.1 Å². The summed E-state index contributed by atoms with van der Waals surface area (Å²) in [6, 6.07) is 3.54. The van der Waals surface area contributed by atoms with Crippen molar-refractivity contribution in [3.8, 4) is 0 Å². The summed E-state index contributed by atoms with van der Waals surface area (Å²) < 4.78 is 30.3. The minimum absolute atomic E-state index is 0.102. The van der Waals surface area contributed by atoms with Crippen LogP contribution in [0.2, 0.25) is 0 Å². The molecule has 1 atom stereocenters. The number of amides is 1. The zero-order valence-corrected chi connectivity index (χ0v) is 10.7. The minimum atomic E-state index is -0.923. The molecule has 1 unspecified atom stereocenters. The van der Waals surface area contributed by atoms with Gasteiger partial charge >= 0.3 is 0 Å². The fraction of sp³-hybridized carbons (Fsp3) is 0.462. The van der Waals surface area contributed by atoms with Crippen molar-refractivity contribution in [1.29, 1.82) is 0 Å². The van der Waals surface area contributed by atoms with Gasteiger partial charge in [-0.1, -0.05) is 6.07 Å². The Morgan fingerprint density at radius 2 is 2.16 bits per heavy atom. The van der Waals surface area contributed by atoms with E-state index in [-0.39, 0.29) is 25.5 Å². The molecule has 0 radical (unpaired) electrons. The smallest absolute Gasteiger partial charge is 0.220 e. The van der Waals surface area contributed by atoms with Gasteiger partial charge in [-0.15, -0.1) is 0 Å². The third-order valence-corrected chi connectivity index (χ3v) is 2.52. The van der Waals surface area contributed by atoms with Gasteiger partial charge in [0.25, 0.3) is 0 Å². The molecule has 19 heavy (non-hydrogen) atoms. The number of rotatable bonds is 7. The van der Waals surface area contributed by atoms with Gasteiger partial charge in [0.1, 0.15) is 0 Å². The zero-order chi connectivity index (χ0) is 14.3. The van der Waals surface area contributed by atoms with Crippen LogP contribution in [-0.2, 0) is 16.0 Å². The Balaban J connectivity index is 2.31. The first kappa shape index (κ1) is 15.5. The highest BCUT2D eigenvalue weighted by Crippen LogP contribution is 2.10. The standard InChI is InChI=1S/C13H17F2NO3/c1-19-8-10(17)7-16-13(18)5-3-9-2-4-11(14)12(15)6-9/h2,4,6,10,17H,3,5,7-8H2,1H3,(H,16,18). The Morgan fingerprint density at radius 3 is 2.79 bits per heavy atom. The Bertz CT molecular complexity index is 426. The van der Waals surface area contributed by atoms with E-state index in [1.165, 1.54) is 13.2 Å². The van der Waals surface area contributed by atoms with Crippen LogP contribution >= 0.6 is 0 Å². The van der Waals surface area contributed by atoms with Crippen LogP contribution in [0, 0.1) is 11.6 Å². The molecule has 1 rings (SSSR count). The molecule has 0 fully saturated rings. The first-order chi connectivity index (χ1) is 9.02. The Morgan fingerprint density at radius 1 is 1.42 bits per heavy atom. The monoisotopic (exact) mass is 273 g/mol. The molecule has 0 saturated carbocycles. The van der Waals surface area contributed by atoms with Gasteiger partial charge in [0, 0.05) is 20.1 Å². The van der Waals surface area contributed by atoms with Crippen LogP contribution < -0.4 is 5.32 Å². The molecule has 6 heteroatoms. The minimum Gasteiger partial charge on any atom is -0.389 e. The SMILES string of the molecule is COCC(O)CNC(=O)CCc1ccc(F)c(F)c1. The molecule has 0 aliphatic carbocycles. The van der Waals surface area contributed by atoms with Gasteiger partial charge in [-0.05, 0) is 24.1 Å². The molecule has 0 aliphatic rings. The molecule has 0 saturated heterocycles. The number of nitrogens with one attached hydrogen (secondary N) is 1. The summed E-state index contributed by atoms with van der Waals surface area (Å²) in [6.07, 6.45) is -0.300. The van der Waals surface area contributed by atoms with Crippen molar-refractivity contribution in [3.05, 3.63) is 35.4 Å². The Labute approximate surface area is 110 Å². The van der Waals surface area contributed by atoms with Gasteiger partial charge in [-0.2, -0.15) is 0 Å². The summed E-state index contributed by atoms with van der Waals surface area (Å²) in [7, 11) is 1.45.